The number of nitrogens with two attached hydrogens (primary N) is 1. The van der Waals surface area contributed by atoms with Gasteiger partial charge in [-0.15, -0.1) is 5.10 Å². The van der Waals surface area contributed by atoms with Crippen LogP contribution in [0.3, 0.4) is 0 Å². The largest absolute Gasteiger partial charge is 0.397 e. The van der Waals surface area contributed by atoms with Gasteiger partial charge in [0.2, 0.25) is 11.8 Å². The van der Waals surface area contributed by atoms with Crippen LogP contribution in [0.2, 0.25) is 0 Å². The van der Waals surface area contributed by atoms with Gasteiger partial charge < -0.3 is 16.4 Å². The molecule has 0 bridgehead atoms. The van der Waals surface area contributed by atoms with E-state index < -0.39 is 5.82 Å². The van der Waals surface area contributed by atoms with Crippen LogP contribution in [0.4, 0.5) is 25.8 Å². The summed E-state index contributed by atoms with van der Waals surface area (Å²) < 4.78 is 27.5. The van der Waals surface area contributed by atoms with Crippen LogP contribution < -0.4 is 16.4 Å². The quantitative estimate of drug-likeness (QED) is 0.333. The molecule has 178 valence electrons. The molecule has 1 heterocycles. The first-order valence-corrected chi connectivity index (χ1v) is 10.8. The van der Waals surface area contributed by atoms with Crippen molar-refractivity contribution in [2.75, 3.05) is 16.4 Å². The van der Waals surface area contributed by atoms with Crippen molar-refractivity contribution in [2.45, 2.75) is 19.4 Å². The van der Waals surface area contributed by atoms with E-state index in [-0.39, 0.29) is 30.6 Å². The van der Waals surface area contributed by atoms with Gasteiger partial charge in [0.1, 0.15) is 18.2 Å². The number of hydrogen-bond acceptors (Lipinski definition) is 5. The lowest BCUT2D eigenvalue weighted by molar-refractivity contribution is -0.117. The first-order chi connectivity index (χ1) is 16.9. The van der Waals surface area contributed by atoms with E-state index in [2.05, 4.69) is 20.9 Å². The van der Waals surface area contributed by atoms with Crippen LogP contribution in [0, 0.1) is 11.6 Å². The fourth-order valence-electron chi connectivity index (χ4n) is 3.35. The fourth-order valence-corrected chi connectivity index (χ4v) is 3.35. The van der Waals surface area contributed by atoms with Crippen molar-refractivity contribution >= 4 is 28.9 Å². The number of halogens is 2. The Bertz CT molecular complexity index is 1340. The maximum Gasteiger partial charge on any atom is 0.246 e. The number of aryl methyl sites for hydroxylation is 1. The SMILES string of the molecule is Nc1ccc(-c2ccc(F)cc2)cc1NC(=O)CCc1cn(CC(=O)Nc2ccc(F)cc2)nn1. The van der Waals surface area contributed by atoms with Crippen molar-refractivity contribution in [1.82, 2.24) is 15.0 Å². The summed E-state index contributed by atoms with van der Waals surface area (Å²) in [5, 5.41) is 13.3. The van der Waals surface area contributed by atoms with Gasteiger partial charge in [0, 0.05) is 24.7 Å². The van der Waals surface area contributed by atoms with Gasteiger partial charge >= 0.3 is 0 Å². The molecule has 0 radical (unpaired) electrons. The second-order valence-electron chi connectivity index (χ2n) is 7.82. The zero-order valence-corrected chi connectivity index (χ0v) is 18.5. The molecular formula is C25H22F2N6O2. The highest BCUT2D eigenvalue weighted by Gasteiger charge is 2.11. The zero-order valence-electron chi connectivity index (χ0n) is 18.5. The van der Waals surface area contributed by atoms with Gasteiger partial charge in [-0.2, -0.15) is 0 Å². The molecule has 0 fully saturated rings. The number of carbonyl (C=O) groups is 2. The number of aromatic nitrogens is 3. The smallest absolute Gasteiger partial charge is 0.246 e. The number of anilines is 3. The fraction of sp³-hybridized carbons (Fsp3) is 0.120. The van der Waals surface area contributed by atoms with Crippen molar-refractivity contribution in [3.63, 3.8) is 0 Å². The standard InChI is InChI=1S/C25H22F2N6O2/c26-18-4-1-16(2-5-18)17-3-11-22(28)23(13-17)30-24(34)12-10-21-14-33(32-31-21)15-25(35)29-20-8-6-19(27)7-9-20/h1-9,11,13-14H,10,12,15,28H2,(H,29,35)(H,30,34). The lowest BCUT2D eigenvalue weighted by Crippen LogP contribution is -2.19. The van der Waals surface area contributed by atoms with Gasteiger partial charge in [-0.3, -0.25) is 9.59 Å². The molecule has 1 aromatic heterocycles. The van der Waals surface area contributed by atoms with Crippen molar-refractivity contribution in [3.05, 3.63) is 90.3 Å². The molecule has 4 rings (SSSR count). The summed E-state index contributed by atoms with van der Waals surface area (Å²) in [7, 11) is 0. The van der Waals surface area contributed by atoms with E-state index in [4.69, 9.17) is 5.73 Å². The summed E-state index contributed by atoms with van der Waals surface area (Å²) in [6.07, 6.45) is 2.02. The van der Waals surface area contributed by atoms with Crippen LogP contribution in [-0.2, 0) is 22.6 Å². The molecule has 4 N–H and O–H groups in total. The minimum atomic E-state index is -0.392. The molecule has 8 nitrogen and oxygen atoms in total. The number of nitrogens with one attached hydrogen (secondary N) is 2. The van der Waals surface area contributed by atoms with E-state index >= 15 is 0 Å². The maximum absolute atomic E-state index is 13.2. The van der Waals surface area contributed by atoms with Crippen molar-refractivity contribution in [1.29, 1.82) is 0 Å². The Kier molecular flexibility index (Phi) is 7.10. The van der Waals surface area contributed by atoms with E-state index in [1.165, 1.54) is 41.1 Å². The van der Waals surface area contributed by atoms with E-state index in [1.54, 1.807) is 36.5 Å². The molecule has 0 atom stereocenters. The number of carbonyl (C=O) groups excluding carboxylic acids is 2. The zero-order chi connectivity index (χ0) is 24.8. The minimum absolute atomic E-state index is 0.0801. The van der Waals surface area contributed by atoms with Crippen LogP contribution in [0.5, 0.6) is 0 Å². The Hall–Kier alpha value is -4.60. The Labute approximate surface area is 199 Å². The van der Waals surface area contributed by atoms with Crippen molar-refractivity contribution < 1.29 is 18.4 Å². The highest BCUT2D eigenvalue weighted by Crippen LogP contribution is 2.27. The van der Waals surface area contributed by atoms with Gasteiger partial charge in [0.05, 0.1) is 17.1 Å². The maximum atomic E-state index is 13.2. The number of rotatable bonds is 8. The van der Waals surface area contributed by atoms with Crippen LogP contribution in [-0.4, -0.2) is 26.8 Å². The molecule has 3 aromatic carbocycles. The minimum Gasteiger partial charge on any atom is -0.397 e. The van der Waals surface area contributed by atoms with Crippen molar-refractivity contribution in [2.24, 2.45) is 0 Å². The van der Waals surface area contributed by atoms with E-state index in [1.807, 2.05) is 0 Å². The molecule has 0 spiro atoms. The first kappa shape index (κ1) is 23.6. The normalized spacial score (nSPS) is 10.7. The second-order valence-corrected chi connectivity index (χ2v) is 7.82. The van der Waals surface area contributed by atoms with Crippen LogP contribution in [0.1, 0.15) is 12.1 Å². The van der Waals surface area contributed by atoms with E-state index in [0.717, 1.165) is 11.1 Å². The molecule has 0 saturated heterocycles. The highest BCUT2D eigenvalue weighted by atomic mass is 19.1. The first-order valence-electron chi connectivity index (χ1n) is 10.8. The number of benzene rings is 3. The van der Waals surface area contributed by atoms with Gasteiger partial charge in [-0.1, -0.05) is 23.4 Å². The predicted molar refractivity (Wildman–Crippen MR) is 128 cm³/mol. The topological polar surface area (TPSA) is 115 Å². The predicted octanol–water partition coefficient (Wildman–Crippen LogP) is 4.02. The Morgan fingerprint density at radius 2 is 1.51 bits per heavy atom. The molecule has 0 aliphatic heterocycles. The monoisotopic (exact) mass is 476 g/mol. The number of hydrogen-bond donors (Lipinski definition) is 3. The molecule has 4 aromatic rings. The molecule has 10 heteroatoms. The number of nitrogen functional groups attached to an aromatic ring is 1. The average Bonchev–Trinajstić information content (AvgIpc) is 3.28. The molecule has 2 amide bonds. The van der Waals surface area contributed by atoms with Gasteiger partial charge in [-0.25, -0.2) is 13.5 Å². The van der Waals surface area contributed by atoms with Crippen LogP contribution >= 0.6 is 0 Å². The van der Waals surface area contributed by atoms with Crippen molar-refractivity contribution in [3.8, 4) is 11.1 Å². The summed E-state index contributed by atoms with van der Waals surface area (Å²) in [5.74, 6) is -1.33. The molecule has 0 unspecified atom stereocenters. The Balaban J connectivity index is 1.30. The summed E-state index contributed by atoms with van der Waals surface area (Å²) >= 11 is 0. The third kappa shape index (κ3) is 6.47. The molecule has 0 aliphatic rings. The Morgan fingerprint density at radius 1 is 0.857 bits per heavy atom. The average molecular weight is 476 g/mol. The van der Waals surface area contributed by atoms with E-state index in [9.17, 15) is 18.4 Å². The number of nitrogens with zero attached hydrogens (tertiary/aromatic N) is 3. The lowest BCUT2D eigenvalue weighted by Gasteiger charge is -2.10. The highest BCUT2D eigenvalue weighted by molar-refractivity contribution is 5.95. The molecule has 35 heavy (non-hydrogen) atoms. The molecule has 0 saturated carbocycles. The van der Waals surface area contributed by atoms with Gasteiger partial charge in [0.25, 0.3) is 0 Å². The van der Waals surface area contributed by atoms with Crippen LogP contribution in [0.25, 0.3) is 11.1 Å². The third-order valence-electron chi connectivity index (χ3n) is 5.13. The second kappa shape index (κ2) is 10.6. The summed E-state index contributed by atoms with van der Waals surface area (Å²) in [6.45, 7) is -0.0801. The number of amides is 2. The summed E-state index contributed by atoms with van der Waals surface area (Å²) in [4.78, 5) is 24.6. The Morgan fingerprint density at radius 3 is 2.23 bits per heavy atom. The summed E-state index contributed by atoms with van der Waals surface area (Å²) in [5.41, 5.74) is 9.46. The van der Waals surface area contributed by atoms with Gasteiger partial charge in [-0.05, 0) is 59.7 Å². The molecular weight excluding hydrogens is 454 g/mol. The summed E-state index contributed by atoms with van der Waals surface area (Å²) in [6, 6.07) is 16.7. The lowest BCUT2D eigenvalue weighted by atomic mass is 10.0. The van der Waals surface area contributed by atoms with Crippen LogP contribution in [0.15, 0.2) is 72.9 Å². The molecule has 0 aliphatic carbocycles. The van der Waals surface area contributed by atoms with Gasteiger partial charge in [0.15, 0.2) is 0 Å². The van der Waals surface area contributed by atoms with E-state index in [0.29, 0.717) is 29.2 Å². The third-order valence-corrected chi connectivity index (χ3v) is 5.13.